The summed E-state index contributed by atoms with van der Waals surface area (Å²) in [6.45, 7) is 7.80. The Morgan fingerprint density at radius 3 is 2.47 bits per heavy atom. The van der Waals surface area contributed by atoms with Crippen LogP contribution >= 0.6 is 0 Å². The van der Waals surface area contributed by atoms with E-state index in [1.807, 2.05) is 32.0 Å². The molecule has 2 rings (SSSR count). The Bertz CT molecular complexity index is 594. The molecule has 100 valence electrons. The first-order valence-corrected chi connectivity index (χ1v) is 6.26. The highest BCUT2D eigenvalue weighted by Gasteiger charge is 2.24. The van der Waals surface area contributed by atoms with E-state index >= 15 is 0 Å². The second-order valence-electron chi connectivity index (χ2n) is 4.45. The minimum absolute atomic E-state index is 0.329. The number of carbonyl (C=O) groups is 1. The fourth-order valence-electron chi connectivity index (χ4n) is 2.17. The van der Waals surface area contributed by atoms with Gasteiger partial charge in [0.15, 0.2) is 0 Å². The fourth-order valence-corrected chi connectivity index (χ4v) is 2.17. The summed E-state index contributed by atoms with van der Waals surface area (Å²) < 4.78 is 10.2. The van der Waals surface area contributed by atoms with Crippen molar-refractivity contribution >= 4 is 5.97 Å². The van der Waals surface area contributed by atoms with Crippen LogP contribution in [0.2, 0.25) is 0 Å². The number of hydrogen-bond donors (Lipinski definition) is 0. The number of rotatable bonds is 3. The summed E-state index contributed by atoms with van der Waals surface area (Å²) >= 11 is 0. The van der Waals surface area contributed by atoms with Crippen LogP contribution in [0.25, 0.3) is 11.3 Å². The molecule has 0 unspecified atom stereocenters. The predicted octanol–water partition coefficient (Wildman–Crippen LogP) is 3.44. The largest absolute Gasteiger partial charge is 0.462 e. The minimum Gasteiger partial charge on any atom is -0.462 e. The molecule has 0 radical (unpaired) electrons. The van der Waals surface area contributed by atoms with Crippen molar-refractivity contribution < 1.29 is 14.1 Å². The van der Waals surface area contributed by atoms with E-state index in [1.54, 1.807) is 13.8 Å². The van der Waals surface area contributed by atoms with Crippen LogP contribution in [0.15, 0.2) is 22.7 Å². The summed E-state index contributed by atoms with van der Waals surface area (Å²) in [7, 11) is 0. The molecule has 0 aliphatic rings. The summed E-state index contributed by atoms with van der Waals surface area (Å²) in [5.74, 6) is 0.0926. The molecular formula is C15H17NO3. The fraction of sp³-hybridized carbons (Fsp3) is 0.333. The van der Waals surface area contributed by atoms with Gasteiger partial charge in [-0.3, -0.25) is 0 Å². The number of hydrogen-bond acceptors (Lipinski definition) is 4. The van der Waals surface area contributed by atoms with Crippen molar-refractivity contribution in [3.8, 4) is 11.3 Å². The number of carbonyl (C=O) groups excluding carboxylic acids is 1. The van der Waals surface area contributed by atoms with E-state index in [1.165, 1.54) is 0 Å². The van der Waals surface area contributed by atoms with Gasteiger partial charge < -0.3 is 9.26 Å². The lowest BCUT2D eigenvalue weighted by molar-refractivity contribution is 0.0525. The van der Waals surface area contributed by atoms with Gasteiger partial charge in [0.1, 0.15) is 17.0 Å². The topological polar surface area (TPSA) is 52.3 Å². The van der Waals surface area contributed by atoms with Crippen molar-refractivity contribution in [2.75, 3.05) is 6.61 Å². The van der Waals surface area contributed by atoms with Gasteiger partial charge in [-0.2, -0.15) is 0 Å². The molecule has 0 amide bonds. The normalized spacial score (nSPS) is 10.5. The van der Waals surface area contributed by atoms with E-state index < -0.39 is 0 Å². The van der Waals surface area contributed by atoms with Crippen LogP contribution in [0.4, 0.5) is 0 Å². The molecule has 1 aromatic carbocycles. The monoisotopic (exact) mass is 259 g/mol. The van der Waals surface area contributed by atoms with Gasteiger partial charge >= 0.3 is 5.97 Å². The number of aryl methyl sites for hydroxylation is 3. The first-order valence-electron chi connectivity index (χ1n) is 6.26. The Hall–Kier alpha value is -2.10. The van der Waals surface area contributed by atoms with Gasteiger partial charge in [0.05, 0.1) is 6.61 Å². The molecule has 0 fully saturated rings. The lowest BCUT2D eigenvalue weighted by atomic mass is 9.97. The maximum atomic E-state index is 12.0. The third kappa shape index (κ3) is 2.38. The number of benzene rings is 1. The van der Waals surface area contributed by atoms with Crippen LogP contribution in [0, 0.1) is 20.8 Å². The second kappa shape index (κ2) is 5.26. The van der Waals surface area contributed by atoms with E-state index in [9.17, 15) is 4.79 Å². The van der Waals surface area contributed by atoms with Crippen LogP contribution in [-0.4, -0.2) is 17.7 Å². The highest BCUT2D eigenvalue weighted by molar-refractivity contribution is 5.97. The molecule has 0 saturated carbocycles. The highest BCUT2D eigenvalue weighted by atomic mass is 16.5. The summed E-state index contributed by atoms with van der Waals surface area (Å²) in [5, 5.41) is 4.04. The smallest absolute Gasteiger partial charge is 0.344 e. The van der Waals surface area contributed by atoms with Crippen LogP contribution in [0.5, 0.6) is 0 Å². The van der Waals surface area contributed by atoms with Gasteiger partial charge in [0, 0.05) is 5.56 Å². The Labute approximate surface area is 112 Å². The molecule has 0 aliphatic carbocycles. The lowest BCUT2D eigenvalue weighted by Gasteiger charge is -2.08. The third-order valence-electron chi connectivity index (χ3n) is 3.06. The Morgan fingerprint density at radius 1 is 1.26 bits per heavy atom. The number of aromatic nitrogens is 1. The van der Waals surface area contributed by atoms with Gasteiger partial charge in [-0.05, 0) is 38.8 Å². The lowest BCUT2D eigenvalue weighted by Crippen LogP contribution is -2.07. The molecule has 1 heterocycles. The van der Waals surface area contributed by atoms with Gasteiger partial charge in [-0.25, -0.2) is 4.79 Å². The van der Waals surface area contributed by atoms with E-state index in [0.29, 0.717) is 23.6 Å². The Kier molecular flexibility index (Phi) is 3.69. The SMILES string of the molecule is CCOC(=O)c1c(-c2c(C)cccc2C)noc1C. The van der Waals surface area contributed by atoms with Gasteiger partial charge in [0.2, 0.25) is 0 Å². The summed E-state index contributed by atoms with van der Waals surface area (Å²) in [4.78, 5) is 12.0. The van der Waals surface area contributed by atoms with Gasteiger partial charge in [0.25, 0.3) is 0 Å². The van der Waals surface area contributed by atoms with E-state index in [0.717, 1.165) is 16.7 Å². The van der Waals surface area contributed by atoms with Crippen molar-refractivity contribution in [1.82, 2.24) is 5.16 Å². The first kappa shape index (κ1) is 13.3. The zero-order chi connectivity index (χ0) is 14.0. The van der Waals surface area contributed by atoms with Crippen LogP contribution < -0.4 is 0 Å². The molecule has 0 saturated heterocycles. The average Bonchev–Trinajstić information content (AvgIpc) is 2.71. The molecule has 4 heteroatoms. The maximum absolute atomic E-state index is 12.0. The predicted molar refractivity (Wildman–Crippen MR) is 72.1 cm³/mol. The molecule has 0 spiro atoms. The maximum Gasteiger partial charge on any atom is 0.344 e. The number of nitrogens with zero attached hydrogens (tertiary/aromatic N) is 1. The third-order valence-corrected chi connectivity index (χ3v) is 3.06. The summed E-state index contributed by atoms with van der Waals surface area (Å²) in [5.41, 5.74) is 4.02. The molecule has 2 aromatic rings. The zero-order valence-corrected chi connectivity index (χ0v) is 11.6. The standard InChI is InChI=1S/C15H17NO3/c1-5-18-15(17)13-11(4)19-16-14(13)12-9(2)7-6-8-10(12)3/h6-8H,5H2,1-4H3. The van der Waals surface area contributed by atoms with Crippen molar-refractivity contribution in [3.05, 3.63) is 40.6 Å². The van der Waals surface area contributed by atoms with Crippen LogP contribution in [-0.2, 0) is 4.74 Å². The molecule has 1 aromatic heterocycles. The molecule has 19 heavy (non-hydrogen) atoms. The van der Waals surface area contributed by atoms with Crippen LogP contribution in [0.1, 0.15) is 34.2 Å². The highest BCUT2D eigenvalue weighted by Crippen LogP contribution is 2.31. The second-order valence-corrected chi connectivity index (χ2v) is 4.45. The van der Waals surface area contributed by atoms with E-state index in [-0.39, 0.29) is 5.97 Å². The molecule has 0 atom stereocenters. The Balaban J connectivity index is 2.61. The average molecular weight is 259 g/mol. The molecular weight excluding hydrogens is 242 g/mol. The molecule has 0 N–H and O–H groups in total. The van der Waals surface area contributed by atoms with Gasteiger partial charge in [-0.1, -0.05) is 23.4 Å². The molecule has 0 bridgehead atoms. The molecule has 0 aliphatic heterocycles. The Morgan fingerprint density at radius 2 is 1.89 bits per heavy atom. The number of ether oxygens (including phenoxy) is 1. The minimum atomic E-state index is -0.390. The van der Waals surface area contributed by atoms with Crippen molar-refractivity contribution in [1.29, 1.82) is 0 Å². The van der Waals surface area contributed by atoms with E-state index in [2.05, 4.69) is 5.16 Å². The van der Waals surface area contributed by atoms with Crippen molar-refractivity contribution in [2.24, 2.45) is 0 Å². The summed E-state index contributed by atoms with van der Waals surface area (Å²) in [6, 6.07) is 5.95. The quantitative estimate of drug-likeness (QED) is 0.792. The van der Waals surface area contributed by atoms with Crippen LogP contribution in [0.3, 0.4) is 0 Å². The zero-order valence-electron chi connectivity index (χ0n) is 11.6. The van der Waals surface area contributed by atoms with E-state index in [4.69, 9.17) is 9.26 Å². The van der Waals surface area contributed by atoms with Crippen molar-refractivity contribution in [3.63, 3.8) is 0 Å². The molecule has 4 nitrogen and oxygen atoms in total. The van der Waals surface area contributed by atoms with Gasteiger partial charge in [-0.15, -0.1) is 0 Å². The first-order chi connectivity index (χ1) is 9.06. The van der Waals surface area contributed by atoms with Crippen molar-refractivity contribution in [2.45, 2.75) is 27.7 Å². The summed E-state index contributed by atoms with van der Waals surface area (Å²) in [6.07, 6.45) is 0. The number of esters is 1.